The fraction of sp³-hybridized carbons (Fsp3) is 0.200. The van der Waals surface area contributed by atoms with Gasteiger partial charge in [-0.3, -0.25) is 14.9 Å². The van der Waals surface area contributed by atoms with Gasteiger partial charge in [-0.1, -0.05) is 17.7 Å². The first-order valence-corrected chi connectivity index (χ1v) is 6.16. The summed E-state index contributed by atoms with van der Waals surface area (Å²) in [4.78, 5) is 23.3. The number of hydrogen-bond donors (Lipinski definition) is 1. The number of aryl methyl sites for hydroxylation is 1. The second-order valence-corrected chi connectivity index (χ2v) is 5.72. The molecular formula is C10H9NO2S2. The maximum atomic E-state index is 11.3. The number of nitrogens with one attached hydrogen (secondary N) is 1. The molecule has 15 heavy (non-hydrogen) atoms. The molecule has 2 rings (SSSR count). The number of thioether (sulfide) groups is 2. The Morgan fingerprint density at radius 3 is 2.80 bits per heavy atom. The van der Waals surface area contributed by atoms with Crippen LogP contribution in [-0.4, -0.2) is 15.7 Å². The van der Waals surface area contributed by atoms with Crippen molar-refractivity contribution in [2.75, 3.05) is 0 Å². The minimum atomic E-state index is -0.348. The van der Waals surface area contributed by atoms with E-state index in [1.54, 1.807) is 0 Å². The third-order valence-electron chi connectivity index (χ3n) is 1.89. The van der Waals surface area contributed by atoms with E-state index in [2.05, 4.69) is 5.32 Å². The molecule has 0 spiro atoms. The summed E-state index contributed by atoms with van der Waals surface area (Å²) in [5.41, 5.74) is 1.15. The molecule has 2 amide bonds. The lowest BCUT2D eigenvalue weighted by Crippen LogP contribution is -2.22. The van der Waals surface area contributed by atoms with Gasteiger partial charge in [0.2, 0.25) is 0 Å². The van der Waals surface area contributed by atoms with Crippen molar-refractivity contribution < 1.29 is 9.59 Å². The molecule has 0 aliphatic carbocycles. The summed E-state index contributed by atoms with van der Waals surface area (Å²) < 4.78 is -0.348. The average Bonchev–Trinajstić information content (AvgIpc) is 2.45. The molecule has 1 aliphatic rings. The van der Waals surface area contributed by atoms with E-state index in [4.69, 9.17) is 0 Å². The third-order valence-corrected chi connectivity index (χ3v) is 4.16. The molecule has 78 valence electrons. The lowest BCUT2D eigenvalue weighted by Gasteiger charge is -2.05. The quantitative estimate of drug-likeness (QED) is 0.860. The van der Waals surface area contributed by atoms with Crippen molar-refractivity contribution in [3.8, 4) is 0 Å². The Hall–Kier alpha value is -0.940. The van der Waals surface area contributed by atoms with Crippen LogP contribution in [0, 0.1) is 6.92 Å². The van der Waals surface area contributed by atoms with Crippen molar-refractivity contribution in [2.45, 2.75) is 16.4 Å². The van der Waals surface area contributed by atoms with Crippen LogP contribution in [0.15, 0.2) is 29.2 Å². The highest BCUT2D eigenvalue weighted by Crippen LogP contribution is 2.34. The summed E-state index contributed by atoms with van der Waals surface area (Å²) >= 11 is 2.45. The highest BCUT2D eigenvalue weighted by atomic mass is 32.2. The van der Waals surface area contributed by atoms with Crippen LogP contribution in [-0.2, 0) is 4.79 Å². The molecule has 1 aliphatic heterocycles. The molecule has 1 N–H and O–H groups in total. The van der Waals surface area contributed by atoms with Crippen LogP contribution < -0.4 is 5.32 Å². The van der Waals surface area contributed by atoms with E-state index >= 15 is 0 Å². The highest BCUT2D eigenvalue weighted by Gasteiger charge is 2.32. The Morgan fingerprint density at radius 1 is 1.40 bits per heavy atom. The second kappa shape index (κ2) is 4.28. The van der Waals surface area contributed by atoms with Gasteiger partial charge in [-0.25, -0.2) is 0 Å². The summed E-state index contributed by atoms with van der Waals surface area (Å²) in [6.45, 7) is 2.00. The van der Waals surface area contributed by atoms with E-state index < -0.39 is 0 Å². The minimum absolute atomic E-state index is 0.212. The summed E-state index contributed by atoms with van der Waals surface area (Å²) in [5.74, 6) is -0.212. The van der Waals surface area contributed by atoms with Crippen LogP contribution in [0.25, 0.3) is 0 Å². The second-order valence-electron chi connectivity index (χ2n) is 3.16. The van der Waals surface area contributed by atoms with Crippen LogP contribution >= 0.6 is 23.5 Å². The minimum Gasteiger partial charge on any atom is -0.285 e. The molecule has 1 unspecified atom stereocenters. The van der Waals surface area contributed by atoms with Gasteiger partial charge in [-0.05, 0) is 30.8 Å². The van der Waals surface area contributed by atoms with Crippen molar-refractivity contribution >= 4 is 34.7 Å². The molecule has 1 atom stereocenters. The Kier molecular flexibility index (Phi) is 3.02. The molecule has 1 saturated heterocycles. The Morgan fingerprint density at radius 2 is 2.20 bits per heavy atom. The predicted octanol–water partition coefficient (Wildman–Crippen LogP) is 2.40. The normalized spacial score (nSPS) is 20.5. The number of carbonyl (C=O) groups is 2. The number of carbonyl (C=O) groups excluding carboxylic acids is 2. The van der Waals surface area contributed by atoms with Gasteiger partial charge in [0.05, 0.1) is 0 Å². The molecule has 1 aromatic carbocycles. The van der Waals surface area contributed by atoms with Gasteiger partial charge in [0.25, 0.3) is 11.1 Å². The molecule has 5 heteroatoms. The van der Waals surface area contributed by atoms with Crippen molar-refractivity contribution in [3.05, 3.63) is 29.8 Å². The van der Waals surface area contributed by atoms with E-state index in [0.29, 0.717) is 0 Å². The number of rotatable bonds is 2. The smallest absolute Gasteiger partial charge is 0.285 e. The van der Waals surface area contributed by atoms with Crippen LogP contribution in [0.2, 0.25) is 0 Å². The first-order chi connectivity index (χ1) is 7.15. The maximum absolute atomic E-state index is 11.3. The van der Waals surface area contributed by atoms with Gasteiger partial charge in [0.15, 0.2) is 0 Å². The number of benzene rings is 1. The number of amides is 2. The summed E-state index contributed by atoms with van der Waals surface area (Å²) in [5, 5.41) is 2.01. The summed E-state index contributed by atoms with van der Waals surface area (Å²) in [6.07, 6.45) is 0. The lowest BCUT2D eigenvalue weighted by molar-refractivity contribution is -0.117. The van der Waals surface area contributed by atoms with Crippen molar-refractivity contribution in [1.29, 1.82) is 0 Å². The SMILES string of the molecule is Cc1cccc(SC2SC(=O)NC2=O)c1. The number of hydrogen-bond acceptors (Lipinski definition) is 4. The lowest BCUT2D eigenvalue weighted by atomic mass is 10.2. The van der Waals surface area contributed by atoms with Gasteiger partial charge in [0, 0.05) is 4.90 Å². The topological polar surface area (TPSA) is 46.2 Å². The van der Waals surface area contributed by atoms with Crippen molar-refractivity contribution in [2.24, 2.45) is 0 Å². The van der Waals surface area contributed by atoms with E-state index in [1.807, 2.05) is 31.2 Å². The standard InChI is InChI=1S/C10H9NO2S2/c1-6-3-2-4-7(5-6)14-9-8(12)11-10(13)15-9/h2-5,9H,1H3,(H,11,12,13). The van der Waals surface area contributed by atoms with Crippen molar-refractivity contribution in [3.63, 3.8) is 0 Å². The largest absolute Gasteiger partial charge is 0.287 e. The summed E-state index contributed by atoms with van der Waals surface area (Å²) in [7, 11) is 0. The average molecular weight is 239 g/mol. The van der Waals surface area contributed by atoms with Gasteiger partial charge < -0.3 is 0 Å². The Balaban J connectivity index is 2.09. The van der Waals surface area contributed by atoms with Crippen LogP contribution in [0.5, 0.6) is 0 Å². The zero-order valence-corrected chi connectivity index (χ0v) is 9.65. The monoisotopic (exact) mass is 239 g/mol. The first-order valence-electron chi connectivity index (χ1n) is 4.40. The van der Waals surface area contributed by atoms with Crippen LogP contribution in [0.4, 0.5) is 4.79 Å². The van der Waals surface area contributed by atoms with Gasteiger partial charge >= 0.3 is 0 Å². The van der Waals surface area contributed by atoms with Crippen LogP contribution in [0.3, 0.4) is 0 Å². The maximum Gasteiger partial charge on any atom is 0.287 e. The van der Waals surface area contributed by atoms with E-state index in [9.17, 15) is 9.59 Å². The first kappa shape index (κ1) is 10.6. The molecule has 0 aromatic heterocycles. The summed E-state index contributed by atoms with van der Waals surface area (Å²) in [6, 6.07) is 7.88. The molecule has 1 heterocycles. The Labute approximate surface area is 96.0 Å². The zero-order valence-electron chi connectivity index (χ0n) is 8.02. The third kappa shape index (κ3) is 2.54. The van der Waals surface area contributed by atoms with E-state index in [1.165, 1.54) is 11.8 Å². The fourth-order valence-electron chi connectivity index (χ4n) is 1.23. The highest BCUT2D eigenvalue weighted by molar-refractivity contribution is 8.26. The number of imide groups is 1. The zero-order chi connectivity index (χ0) is 10.8. The van der Waals surface area contributed by atoms with Gasteiger partial charge in [-0.2, -0.15) is 0 Å². The Bertz CT molecular complexity index is 420. The molecule has 0 bridgehead atoms. The molecular weight excluding hydrogens is 230 g/mol. The predicted molar refractivity (Wildman–Crippen MR) is 62.0 cm³/mol. The van der Waals surface area contributed by atoms with Crippen LogP contribution in [0.1, 0.15) is 5.56 Å². The molecule has 1 fully saturated rings. The molecule has 1 aromatic rings. The van der Waals surface area contributed by atoms with Crippen molar-refractivity contribution in [1.82, 2.24) is 5.32 Å². The van der Waals surface area contributed by atoms with Gasteiger partial charge in [-0.15, -0.1) is 11.8 Å². The molecule has 0 saturated carbocycles. The van der Waals surface area contributed by atoms with E-state index in [-0.39, 0.29) is 15.7 Å². The molecule has 3 nitrogen and oxygen atoms in total. The fourth-order valence-corrected chi connectivity index (χ4v) is 3.36. The molecule has 0 radical (unpaired) electrons. The van der Waals surface area contributed by atoms with E-state index in [0.717, 1.165) is 22.2 Å². The van der Waals surface area contributed by atoms with Gasteiger partial charge in [0.1, 0.15) is 4.58 Å².